The maximum atomic E-state index is 10.5. The summed E-state index contributed by atoms with van der Waals surface area (Å²) in [5, 5.41) is 17.4. The number of carboxylic acids is 2. The average molecular weight is 324 g/mol. The highest BCUT2D eigenvalue weighted by Gasteiger charge is 2.44. The van der Waals surface area contributed by atoms with Gasteiger partial charge in [0, 0.05) is 0 Å². The van der Waals surface area contributed by atoms with E-state index in [1.54, 1.807) is 0 Å². The Hall–Kier alpha value is -2.62. The molecule has 0 heterocycles. The first-order valence-corrected chi connectivity index (χ1v) is 8.13. The van der Waals surface area contributed by atoms with Crippen LogP contribution >= 0.6 is 0 Å². The molecule has 2 saturated carbocycles. The Morgan fingerprint density at radius 1 is 0.667 bits per heavy atom. The fourth-order valence-corrected chi connectivity index (χ4v) is 3.07. The lowest BCUT2D eigenvalue weighted by molar-refractivity contribution is -0.139. The highest BCUT2D eigenvalue weighted by molar-refractivity contribution is 5.75. The standard InChI is InChI=1S/2C10H10O2/c2*11-10(12)9-6-8(9)7-4-2-1-3-5-7/h2*1-5,8-9H,6H2,(H,11,12). The van der Waals surface area contributed by atoms with Crippen molar-refractivity contribution in [3.8, 4) is 0 Å². The van der Waals surface area contributed by atoms with Gasteiger partial charge in [0.05, 0.1) is 11.8 Å². The van der Waals surface area contributed by atoms with Crippen LogP contribution in [-0.4, -0.2) is 22.2 Å². The van der Waals surface area contributed by atoms with E-state index in [-0.39, 0.29) is 23.7 Å². The number of rotatable bonds is 4. The summed E-state index contributed by atoms with van der Waals surface area (Å²) < 4.78 is 0. The zero-order valence-electron chi connectivity index (χ0n) is 13.2. The van der Waals surface area contributed by atoms with Crippen molar-refractivity contribution in [2.75, 3.05) is 0 Å². The molecule has 0 aliphatic heterocycles. The second-order valence-electron chi connectivity index (χ2n) is 6.40. The number of carboxylic acid groups (broad SMARTS) is 2. The van der Waals surface area contributed by atoms with E-state index in [0.717, 1.165) is 24.0 Å². The number of benzene rings is 2. The van der Waals surface area contributed by atoms with E-state index < -0.39 is 11.9 Å². The van der Waals surface area contributed by atoms with Gasteiger partial charge in [-0.25, -0.2) is 0 Å². The molecule has 0 saturated heterocycles. The van der Waals surface area contributed by atoms with Crippen LogP contribution in [-0.2, 0) is 9.59 Å². The van der Waals surface area contributed by atoms with Gasteiger partial charge in [0.1, 0.15) is 0 Å². The third-order valence-corrected chi connectivity index (χ3v) is 4.67. The number of carbonyl (C=O) groups is 2. The predicted octanol–water partition coefficient (Wildman–Crippen LogP) is 3.75. The molecule has 2 aromatic rings. The topological polar surface area (TPSA) is 74.6 Å². The van der Waals surface area contributed by atoms with Crippen LogP contribution in [0.1, 0.15) is 35.8 Å². The van der Waals surface area contributed by atoms with Gasteiger partial charge in [0.25, 0.3) is 0 Å². The van der Waals surface area contributed by atoms with Gasteiger partial charge in [-0.3, -0.25) is 9.59 Å². The van der Waals surface area contributed by atoms with Crippen LogP contribution in [0.3, 0.4) is 0 Å². The Morgan fingerprint density at radius 3 is 1.25 bits per heavy atom. The lowest BCUT2D eigenvalue weighted by atomic mass is 10.1. The third-order valence-electron chi connectivity index (χ3n) is 4.67. The number of aliphatic carboxylic acids is 2. The van der Waals surface area contributed by atoms with Crippen molar-refractivity contribution in [2.45, 2.75) is 24.7 Å². The van der Waals surface area contributed by atoms with Gasteiger partial charge in [0.2, 0.25) is 0 Å². The minimum atomic E-state index is -0.663. The molecule has 0 spiro atoms. The zero-order valence-corrected chi connectivity index (χ0v) is 13.2. The molecule has 24 heavy (non-hydrogen) atoms. The van der Waals surface area contributed by atoms with Crippen molar-refractivity contribution in [1.29, 1.82) is 0 Å². The molecule has 0 aromatic heterocycles. The van der Waals surface area contributed by atoms with Crippen molar-refractivity contribution in [2.24, 2.45) is 11.8 Å². The van der Waals surface area contributed by atoms with Gasteiger partial charge in [-0.15, -0.1) is 0 Å². The molecule has 0 amide bonds. The fraction of sp³-hybridized carbons (Fsp3) is 0.300. The summed E-state index contributed by atoms with van der Waals surface area (Å²) in [5.74, 6) is -1.06. The number of hydrogen-bond acceptors (Lipinski definition) is 2. The first kappa shape index (κ1) is 16.2. The average Bonchev–Trinajstić information content (AvgIpc) is 3.49. The van der Waals surface area contributed by atoms with E-state index >= 15 is 0 Å². The SMILES string of the molecule is O=C(O)C1CC1c1ccccc1.O=C(O)C1CC1c1ccccc1. The predicted molar refractivity (Wildman–Crippen MR) is 89.9 cm³/mol. The van der Waals surface area contributed by atoms with Crippen molar-refractivity contribution in [3.63, 3.8) is 0 Å². The van der Waals surface area contributed by atoms with Gasteiger partial charge in [0.15, 0.2) is 0 Å². The quantitative estimate of drug-likeness (QED) is 0.898. The summed E-state index contributed by atoms with van der Waals surface area (Å²) in [5.41, 5.74) is 2.31. The van der Waals surface area contributed by atoms with Gasteiger partial charge in [-0.05, 0) is 35.8 Å². The molecule has 2 aliphatic rings. The lowest BCUT2D eigenvalue weighted by Gasteiger charge is -1.95. The maximum absolute atomic E-state index is 10.5. The highest BCUT2D eigenvalue weighted by atomic mass is 16.4. The molecular formula is C20H20O4. The Bertz CT molecular complexity index is 647. The monoisotopic (exact) mass is 324 g/mol. The van der Waals surface area contributed by atoms with Crippen LogP contribution in [0.4, 0.5) is 0 Å². The fourth-order valence-electron chi connectivity index (χ4n) is 3.07. The van der Waals surface area contributed by atoms with E-state index in [1.165, 1.54) is 0 Å². The summed E-state index contributed by atoms with van der Waals surface area (Å²) in [6, 6.07) is 19.7. The smallest absolute Gasteiger partial charge is 0.307 e. The molecule has 4 heteroatoms. The summed E-state index contributed by atoms with van der Waals surface area (Å²) in [6.45, 7) is 0. The van der Waals surface area contributed by atoms with Gasteiger partial charge < -0.3 is 10.2 Å². The first-order chi connectivity index (χ1) is 11.6. The Labute approximate surface area is 140 Å². The van der Waals surface area contributed by atoms with Crippen LogP contribution in [0.5, 0.6) is 0 Å². The molecule has 124 valence electrons. The minimum Gasteiger partial charge on any atom is -0.481 e. The van der Waals surface area contributed by atoms with Crippen LogP contribution < -0.4 is 0 Å². The summed E-state index contributed by atoms with van der Waals surface area (Å²) >= 11 is 0. The second-order valence-corrected chi connectivity index (χ2v) is 6.40. The second kappa shape index (κ2) is 6.87. The van der Waals surface area contributed by atoms with Crippen LogP contribution in [0.25, 0.3) is 0 Å². The van der Waals surface area contributed by atoms with Crippen LogP contribution in [0.15, 0.2) is 60.7 Å². The molecule has 2 N–H and O–H groups in total. The molecule has 2 aromatic carbocycles. The molecule has 2 fully saturated rings. The molecule has 0 radical (unpaired) electrons. The summed E-state index contributed by atoms with van der Waals surface area (Å²) in [7, 11) is 0. The molecule has 4 atom stereocenters. The molecule has 4 unspecified atom stereocenters. The van der Waals surface area contributed by atoms with E-state index in [0.29, 0.717) is 0 Å². The maximum Gasteiger partial charge on any atom is 0.307 e. The first-order valence-electron chi connectivity index (χ1n) is 8.13. The largest absolute Gasteiger partial charge is 0.481 e. The normalized spacial score (nSPS) is 26.7. The summed E-state index contributed by atoms with van der Waals surface area (Å²) in [4.78, 5) is 21.1. The van der Waals surface area contributed by atoms with Crippen molar-refractivity contribution in [1.82, 2.24) is 0 Å². The molecule has 4 nitrogen and oxygen atoms in total. The lowest BCUT2D eigenvalue weighted by Crippen LogP contribution is -1.98. The van der Waals surface area contributed by atoms with Gasteiger partial charge in [-0.2, -0.15) is 0 Å². The number of hydrogen-bond donors (Lipinski definition) is 2. The Kier molecular flexibility index (Phi) is 4.65. The molecule has 4 rings (SSSR count). The van der Waals surface area contributed by atoms with Crippen molar-refractivity contribution >= 4 is 11.9 Å². The molecule has 2 aliphatic carbocycles. The van der Waals surface area contributed by atoms with E-state index in [1.807, 2.05) is 60.7 Å². The van der Waals surface area contributed by atoms with Gasteiger partial charge in [-0.1, -0.05) is 60.7 Å². The van der Waals surface area contributed by atoms with E-state index in [9.17, 15) is 9.59 Å². The Morgan fingerprint density at radius 2 is 1.00 bits per heavy atom. The minimum absolute atomic E-state index is 0.132. The zero-order chi connectivity index (χ0) is 17.1. The van der Waals surface area contributed by atoms with E-state index in [4.69, 9.17) is 10.2 Å². The van der Waals surface area contributed by atoms with E-state index in [2.05, 4.69) is 0 Å². The van der Waals surface area contributed by atoms with Crippen molar-refractivity contribution < 1.29 is 19.8 Å². The summed E-state index contributed by atoms with van der Waals surface area (Å²) in [6.07, 6.45) is 1.61. The van der Waals surface area contributed by atoms with Crippen molar-refractivity contribution in [3.05, 3.63) is 71.8 Å². The van der Waals surface area contributed by atoms with Crippen LogP contribution in [0, 0.1) is 11.8 Å². The molecular weight excluding hydrogens is 304 g/mol. The Balaban J connectivity index is 0.000000141. The van der Waals surface area contributed by atoms with Crippen LogP contribution in [0.2, 0.25) is 0 Å². The molecule has 0 bridgehead atoms. The highest BCUT2D eigenvalue weighted by Crippen LogP contribution is 2.47. The third kappa shape index (κ3) is 3.82. The van der Waals surface area contributed by atoms with Gasteiger partial charge >= 0.3 is 11.9 Å².